The van der Waals surface area contributed by atoms with Gasteiger partial charge in [-0.3, -0.25) is 4.98 Å². The van der Waals surface area contributed by atoms with Crippen LogP contribution in [0.1, 0.15) is 50.5 Å². The van der Waals surface area contributed by atoms with Crippen LogP contribution < -0.4 is 5.32 Å². The molecule has 1 aromatic rings. The van der Waals surface area contributed by atoms with Gasteiger partial charge in [0.2, 0.25) is 0 Å². The van der Waals surface area contributed by atoms with Gasteiger partial charge in [-0.1, -0.05) is 32.1 Å². The topological polar surface area (TPSA) is 24.9 Å². The lowest BCUT2D eigenvalue weighted by molar-refractivity contribution is 0.293. The van der Waals surface area contributed by atoms with Crippen molar-refractivity contribution in [3.8, 4) is 0 Å². The van der Waals surface area contributed by atoms with Crippen LogP contribution in [-0.2, 0) is 6.42 Å². The molecule has 0 aliphatic heterocycles. The Kier molecular flexibility index (Phi) is 6.32. The maximum absolute atomic E-state index is 4.28. The van der Waals surface area contributed by atoms with Gasteiger partial charge < -0.3 is 5.32 Å². The number of likely N-dealkylation sites (N-methyl/N-ethyl adjacent to an activating group) is 1. The number of halogens is 1. The molecule has 106 valence electrons. The standard InChI is InChI=1S/C16H25BrN2/c1-18-16(10-13-9-15(17)12-19-11-13)14-7-5-3-2-4-6-8-14/h9,11-12,14,16,18H,2-8,10H2,1H3. The molecular formula is C16H25BrN2. The molecule has 0 amide bonds. The Hall–Kier alpha value is -0.410. The molecule has 0 saturated heterocycles. The van der Waals surface area contributed by atoms with E-state index >= 15 is 0 Å². The molecule has 1 atom stereocenters. The lowest BCUT2D eigenvalue weighted by Crippen LogP contribution is -2.36. The number of nitrogens with zero attached hydrogens (tertiary/aromatic N) is 1. The van der Waals surface area contributed by atoms with Gasteiger partial charge in [0, 0.05) is 22.9 Å². The Morgan fingerprint density at radius 3 is 2.53 bits per heavy atom. The van der Waals surface area contributed by atoms with Gasteiger partial charge in [0.1, 0.15) is 0 Å². The van der Waals surface area contributed by atoms with E-state index in [0.29, 0.717) is 6.04 Å². The van der Waals surface area contributed by atoms with Crippen molar-refractivity contribution in [1.29, 1.82) is 0 Å². The quantitative estimate of drug-likeness (QED) is 0.891. The first-order valence-corrected chi connectivity index (χ1v) is 8.35. The molecule has 1 fully saturated rings. The van der Waals surface area contributed by atoms with Crippen molar-refractivity contribution in [2.75, 3.05) is 7.05 Å². The fraction of sp³-hybridized carbons (Fsp3) is 0.688. The summed E-state index contributed by atoms with van der Waals surface area (Å²) in [7, 11) is 2.11. The first kappa shape index (κ1) is 15.0. The van der Waals surface area contributed by atoms with Crippen molar-refractivity contribution < 1.29 is 0 Å². The van der Waals surface area contributed by atoms with Crippen LogP contribution in [-0.4, -0.2) is 18.1 Å². The maximum atomic E-state index is 4.28. The molecule has 1 aliphatic carbocycles. The van der Waals surface area contributed by atoms with Crippen LogP contribution in [0.2, 0.25) is 0 Å². The van der Waals surface area contributed by atoms with E-state index in [4.69, 9.17) is 0 Å². The summed E-state index contributed by atoms with van der Waals surface area (Å²) in [5.41, 5.74) is 1.33. The van der Waals surface area contributed by atoms with E-state index in [1.54, 1.807) is 0 Å². The van der Waals surface area contributed by atoms with E-state index in [-0.39, 0.29) is 0 Å². The Labute approximate surface area is 125 Å². The molecule has 1 saturated carbocycles. The van der Waals surface area contributed by atoms with Crippen LogP contribution in [0, 0.1) is 5.92 Å². The Balaban J connectivity index is 1.97. The molecule has 0 spiro atoms. The molecule has 1 N–H and O–H groups in total. The van der Waals surface area contributed by atoms with Crippen molar-refractivity contribution in [2.24, 2.45) is 5.92 Å². The molecule has 1 heterocycles. The van der Waals surface area contributed by atoms with E-state index in [0.717, 1.165) is 16.8 Å². The summed E-state index contributed by atoms with van der Waals surface area (Å²) in [6.07, 6.45) is 14.8. The minimum Gasteiger partial charge on any atom is -0.316 e. The van der Waals surface area contributed by atoms with Gasteiger partial charge in [-0.2, -0.15) is 0 Å². The molecule has 0 radical (unpaired) electrons. The molecule has 1 aliphatic rings. The highest BCUT2D eigenvalue weighted by Crippen LogP contribution is 2.26. The number of aromatic nitrogens is 1. The number of nitrogens with one attached hydrogen (secondary N) is 1. The summed E-state index contributed by atoms with van der Waals surface area (Å²) < 4.78 is 1.08. The zero-order chi connectivity index (χ0) is 13.5. The molecule has 3 heteroatoms. The van der Waals surface area contributed by atoms with Crippen molar-refractivity contribution in [2.45, 2.75) is 57.4 Å². The number of rotatable bonds is 4. The van der Waals surface area contributed by atoms with Gasteiger partial charge in [-0.25, -0.2) is 0 Å². The summed E-state index contributed by atoms with van der Waals surface area (Å²) in [6, 6.07) is 2.79. The number of hydrogen-bond acceptors (Lipinski definition) is 2. The molecule has 1 aromatic heterocycles. The fourth-order valence-electron chi connectivity index (χ4n) is 3.22. The van der Waals surface area contributed by atoms with Crippen LogP contribution in [0.15, 0.2) is 22.9 Å². The molecule has 1 unspecified atom stereocenters. The third-order valence-corrected chi connectivity index (χ3v) is 4.74. The lowest BCUT2D eigenvalue weighted by atomic mass is 9.83. The van der Waals surface area contributed by atoms with Gasteiger partial charge in [0.05, 0.1) is 0 Å². The monoisotopic (exact) mass is 324 g/mol. The third kappa shape index (κ3) is 4.88. The predicted molar refractivity (Wildman–Crippen MR) is 84.3 cm³/mol. The Morgan fingerprint density at radius 1 is 1.21 bits per heavy atom. The fourth-order valence-corrected chi connectivity index (χ4v) is 3.63. The van der Waals surface area contributed by atoms with Crippen molar-refractivity contribution >= 4 is 15.9 Å². The minimum atomic E-state index is 0.592. The zero-order valence-corrected chi connectivity index (χ0v) is 13.5. The average molecular weight is 325 g/mol. The highest BCUT2D eigenvalue weighted by Gasteiger charge is 2.21. The highest BCUT2D eigenvalue weighted by atomic mass is 79.9. The summed E-state index contributed by atoms with van der Waals surface area (Å²) in [4.78, 5) is 4.28. The van der Waals surface area contributed by atoms with Gasteiger partial charge in [0.25, 0.3) is 0 Å². The van der Waals surface area contributed by atoms with Crippen molar-refractivity contribution in [3.05, 3.63) is 28.5 Å². The molecule has 0 bridgehead atoms. The highest BCUT2D eigenvalue weighted by molar-refractivity contribution is 9.10. The first-order chi connectivity index (χ1) is 9.29. The van der Waals surface area contributed by atoms with Gasteiger partial charge in [-0.15, -0.1) is 0 Å². The summed E-state index contributed by atoms with van der Waals surface area (Å²) in [5, 5.41) is 3.54. The van der Waals surface area contributed by atoms with Crippen LogP contribution in [0.5, 0.6) is 0 Å². The Bertz CT molecular complexity index is 373. The van der Waals surface area contributed by atoms with Crippen LogP contribution >= 0.6 is 15.9 Å². The molecular weight excluding hydrogens is 300 g/mol. The normalized spacial score (nSPS) is 19.7. The molecule has 19 heavy (non-hydrogen) atoms. The van der Waals surface area contributed by atoms with E-state index in [9.17, 15) is 0 Å². The van der Waals surface area contributed by atoms with Crippen LogP contribution in [0.25, 0.3) is 0 Å². The largest absolute Gasteiger partial charge is 0.316 e. The molecule has 2 rings (SSSR count). The van der Waals surface area contributed by atoms with Crippen molar-refractivity contribution in [3.63, 3.8) is 0 Å². The van der Waals surface area contributed by atoms with Crippen molar-refractivity contribution in [1.82, 2.24) is 10.3 Å². The predicted octanol–water partition coefficient (Wildman–Crippen LogP) is 4.34. The van der Waals surface area contributed by atoms with Crippen LogP contribution in [0.4, 0.5) is 0 Å². The van der Waals surface area contributed by atoms with E-state index < -0.39 is 0 Å². The van der Waals surface area contributed by atoms with E-state index in [1.165, 1.54) is 50.5 Å². The second-order valence-corrected chi connectivity index (χ2v) is 6.63. The minimum absolute atomic E-state index is 0.592. The van der Waals surface area contributed by atoms with Gasteiger partial charge in [-0.05, 0) is 59.8 Å². The molecule has 2 nitrogen and oxygen atoms in total. The van der Waals surface area contributed by atoms with Gasteiger partial charge >= 0.3 is 0 Å². The smallest absolute Gasteiger partial charge is 0.0410 e. The lowest BCUT2D eigenvalue weighted by Gasteiger charge is -2.28. The van der Waals surface area contributed by atoms with E-state index in [2.05, 4.69) is 39.3 Å². The summed E-state index contributed by atoms with van der Waals surface area (Å²) in [6.45, 7) is 0. The van der Waals surface area contributed by atoms with E-state index in [1.807, 2.05) is 12.4 Å². The average Bonchev–Trinajstić information content (AvgIpc) is 2.36. The SMILES string of the molecule is CNC(Cc1cncc(Br)c1)C1CCCCCCC1. The Morgan fingerprint density at radius 2 is 1.89 bits per heavy atom. The summed E-state index contributed by atoms with van der Waals surface area (Å²) in [5.74, 6) is 0.823. The number of hydrogen-bond donors (Lipinski definition) is 1. The first-order valence-electron chi connectivity index (χ1n) is 7.56. The maximum Gasteiger partial charge on any atom is 0.0410 e. The second kappa shape index (κ2) is 8.01. The number of pyridine rings is 1. The van der Waals surface area contributed by atoms with Crippen LogP contribution in [0.3, 0.4) is 0 Å². The molecule has 0 aromatic carbocycles. The third-order valence-electron chi connectivity index (χ3n) is 4.31. The second-order valence-electron chi connectivity index (χ2n) is 5.72. The van der Waals surface area contributed by atoms with Gasteiger partial charge in [0.15, 0.2) is 0 Å². The summed E-state index contributed by atoms with van der Waals surface area (Å²) >= 11 is 3.51. The zero-order valence-electron chi connectivity index (χ0n) is 11.9.